The SMILES string of the molecule is CCc1ccc(CC)c(-c2ccc(NC(=O)c3ccncc3C)cc2)c1.COc1ccc(N(C)C)c(-c2ccc(NC(=O)c3ccncc3C)cc2)c1.Cc1cnccc1C(=O)O. The van der Waals surface area contributed by atoms with Gasteiger partial charge in [-0.3, -0.25) is 24.5 Å². The first-order chi connectivity index (χ1) is 30.3. The van der Waals surface area contributed by atoms with E-state index < -0.39 is 5.97 Å². The molecule has 63 heavy (non-hydrogen) atoms. The van der Waals surface area contributed by atoms with Crippen LogP contribution in [0.4, 0.5) is 17.1 Å². The largest absolute Gasteiger partial charge is 0.497 e. The predicted octanol–water partition coefficient (Wildman–Crippen LogP) is 10.9. The van der Waals surface area contributed by atoms with Gasteiger partial charge < -0.3 is 25.4 Å². The molecule has 0 radical (unpaired) electrons. The van der Waals surface area contributed by atoms with Crippen LogP contribution in [0.1, 0.15) is 72.7 Å². The number of hydrogen-bond acceptors (Lipinski definition) is 8. The Balaban J connectivity index is 0.000000196. The number of anilines is 3. The number of pyridine rings is 3. The first-order valence-corrected chi connectivity index (χ1v) is 20.6. The van der Waals surface area contributed by atoms with Gasteiger partial charge in [-0.1, -0.05) is 56.3 Å². The lowest BCUT2D eigenvalue weighted by Gasteiger charge is -2.19. The number of carboxylic acids is 1. The van der Waals surface area contributed by atoms with Gasteiger partial charge in [0.15, 0.2) is 0 Å². The van der Waals surface area contributed by atoms with Gasteiger partial charge >= 0.3 is 5.97 Å². The van der Waals surface area contributed by atoms with Crippen molar-refractivity contribution in [3.05, 3.63) is 185 Å². The minimum absolute atomic E-state index is 0.111. The number of ether oxygens (including phenoxy) is 1. The summed E-state index contributed by atoms with van der Waals surface area (Å²) in [6.45, 7) is 9.82. The summed E-state index contributed by atoms with van der Waals surface area (Å²) in [4.78, 5) is 49.2. The summed E-state index contributed by atoms with van der Waals surface area (Å²) in [6, 6.07) is 33.5. The van der Waals surface area contributed by atoms with E-state index in [0.29, 0.717) is 22.3 Å². The highest BCUT2D eigenvalue weighted by molar-refractivity contribution is 6.06. The molecule has 0 aliphatic heterocycles. The van der Waals surface area contributed by atoms with Crippen LogP contribution < -0.4 is 20.3 Å². The van der Waals surface area contributed by atoms with Crippen LogP contribution in [-0.2, 0) is 12.8 Å². The summed E-state index contributed by atoms with van der Waals surface area (Å²) in [5.41, 5.74) is 13.9. The number of carbonyl (C=O) groups is 3. The van der Waals surface area contributed by atoms with Gasteiger partial charge in [0.05, 0.1) is 12.7 Å². The van der Waals surface area contributed by atoms with E-state index in [9.17, 15) is 14.4 Å². The second-order valence-corrected chi connectivity index (χ2v) is 14.9. The fourth-order valence-electron chi connectivity index (χ4n) is 6.72. The third-order valence-corrected chi connectivity index (χ3v) is 10.3. The number of nitrogens with one attached hydrogen (secondary N) is 2. The maximum Gasteiger partial charge on any atom is 0.336 e. The van der Waals surface area contributed by atoms with Gasteiger partial charge in [-0.15, -0.1) is 0 Å². The van der Waals surface area contributed by atoms with Gasteiger partial charge in [0.1, 0.15) is 5.75 Å². The molecule has 7 aromatic rings. The Morgan fingerprint density at radius 2 is 1.06 bits per heavy atom. The zero-order valence-electron chi connectivity index (χ0n) is 37.1. The van der Waals surface area contributed by atoms with Gasteiger partial charge in [-0.2, -0.15) is 0 Å². The quantitative estimate of drug-likeness (QED) is 0.116. The maximum absolute atomic E-state index is 12.5. The summed E-state index contributed by atoms with van der Waals surface area (Å²) < 4.78 is 5.37. The van der Waals surface area contributed by atoms with Crippen LogP contribution in [0.5, 0.6) is 5.75 Å². The molecule has 3 N–H and O–H groups in total. The van der Waals surface area contributed by atoms with Crippen molar-refractivity contribution in [2.24, 2.45) is 0 Å². The first kappa shape index (κ1) is 46.4. The molecular formula is C52H54N6O5. The van der Waals surface area contributed by atoms with E-state index >= 15 is 0 Å². The zero-order chi connectivity index (χ0) is 45.5. The monoisotopic (exact) mass is 842 g/mol. The molecule has 0 saturated heterocycles. The molecule has 2 amide bonds. The van der Waals surface area contributed by atoms with Crippen LogP contribution in [0, 0.1) is 20.8 Å². The molecule has 0 bridgehead atoms. The van der Waals surface area contributed by atoms with Crippen molar-refractivity contribution in [2.75, 3.05) is 36.7 Å². The molecule has 0 aliphatic rings. The first-order valence-electron chi connectivity index (χ1n) is 20.6. The number of aromatic nitrogens is 3. The van der Waals surface area contributed by atoms with E-state index in [2.05, 4.69) is 74.7 Å². The molecule has 7 rings (SSSR count). The smallest absolute Gasteiger partial charge is 0.336 e. The topological polar surface area (TPSA) is 147 Å². The van der Waals surface area contributed by atoms with Crippen LogP contribution >= 0.6 is 0 Å². The van der Waals surface area contributed by atoms with Crippen LogP contribution in [0.3, 0.4) is 0 Å². The molecule has 0 aliphatic carbocycles. The Morgan fingerprint density at radius 1 is 0.587 bits per heavy atom. The fraction of sp³-hybridized carbons (Fsp3) is 0.192. The summed E-state index contributed by atoms with van der Waals surface area (Å²) in [5, 5.41) is 14.4. The highest BCUT2D eigenvalue weighted by atomic mass is 16.5. The summed E-state index contributed by atoms with van der Waals surface area (Å²) in [6.07, 6.45) is 11.7. The molecule has 0 spiro atoms. The molecule has 0 unspecified atom stereocenters. The van der Waals surface area contributed by atoms with Crippen LogP contribution in [0.15, 0.2) is 140 Å². The second kappa shape index (κ2) is 22.3. The van der Waals surface area contributed by atoms with E-state index in [0.717, 1.165) is 57.9 Å². The van der Waals surface area contributed by atoms with Gasteiger partial charge in [0.25, 0.3) is 11.8 Å². The average molecular weight is 843 g/mol. The second-order valence-electron chi connectivity index (χ2n) is 14.9. The van der Waals surface area contributed by atoms with Crippen molar-refractivity contribution in [3.63, 3.8) is 0 Å². The van der Waals surface area contributed by atoms with Crippen LogP contribution in [-0.4, -0.2) is 59.0 Å². The zero-order valence-corrected chi connectivity index (χ0v) is 37.1. The molecule has 11 heteroatoms. The molecule has 0 fully saturated rings. The molecule has 322 valence electrons. The van der Waals surface area contributed by atoms with Crippen molar-refractivity contribution >= 4 is 34.8 Å². The van der Waals surface area contributed by atoms with Gasteiger partial charge in [0, 0.05) is 85.0 Å². The Morgan fingerprint density at radius 3 is 1.46 bits per heavy atom. The average Bonchev–Trinajstić information content (AvgIpc) is 3.29. The molecule has 3 heterocycles. The van der Waals surface area contributed by atoms with Crippen LogP contribution in [0.2, 0.25) is 0 Å². The highest BCUT2D eigenvalue weighted by Gasteiger charge is 2.13. The van der Waals surface area contributed by atoms with Crippen molar-refractivity contribution < 1.29 is 24.2 Å². The Kier molecular flexibility index (Phi) is 16.4. The number of methoxy groups -OCH3 is 1. The molecular weight excluding hydrogens is 789 g/mol. The standard InChI is InChI=1S/C23H24N2O.C22H23N3O2.C7H7NO2/c1-4-17-6-7-18(5-2)22(14-17)19-8-10-20(11-9-19)25-23(26)21-12-13-24-15-16(21)3;1-15-14-23-12-11-19(15)22(26)24-17-7-5-16(6-8-17)20-13-18(27-4)9-10-21(20)25(2)3;1-5-4-8-3-2-6(5)7(9)10/h6-15H,4-5H2,1-3H3,(H,25,26);5-14H,1-4H3,(H,24,26);2-4H,1H3,(H,9,10). The number of carboxylic acid groups (broad SMARTS) is 1. The minimum atomic E-state index is -0.903. The number of aromatic carboxylic acids is 1. The summed E-state index contributed by atoms with van der Waals surface area (Å²) >= 11 is 0. The van der Waals surface area contributed by atoms with Crippen LogP contribution in [0.25, 0.3) is 22.3 Å². The lowest BCUT2D eigenvalue weighted by atomic mass is 9.95. The van der Waals surface area contributed by atoms with Crippen molar-refractivity contribution in [1.29, 1.82) is 0 Å². The van der Waals surface area contributed by atoms with E-state index in [-0.39, 0.29) is 11.8 Å². The number of aryl methyl sites for hydroxylation is 5. The maximum atomic E-state index is 12.5. The van der Waals surface area contributed by atoms with Crippen molar-refractivity contribution in [2.45, 2.75) is 47.5 Å². The molecule has 0 atom stereocenters. The predicted molar refractivity (Wildman–Crippen MR) is 253 cm³/mol. The number of carbonyl (C=O) groups excluding carboxylic acids is 2. The number of amides is 2. The normalized spacial score (nSPS) is 10.3. The minimum Gasteiger partial charge on any atom is -0.497 e. The molecule has 11 nitrogen and oxygen atoms in total. The molecule has 0 saturated carbocycles. The lowest BCUT2D eigenvalue weighted by Crippen LogP contribution is -2.13. The summed E-state index contributed by atoms with van der Waals surface area (Å²) in [5.74, 6) is -0.348. The molecule has 4 aromatic carbocycles. The van der Waals surface area contributed by atoms with E-state index in [1.807, 2.05) is 82.5 Å². The lowest BCUT2D eigenvalue weighted by molar-refractivity contribution is 0.0695. The number of hydrogen-bond donors (Lipinski definition) is 3. The summed E-state index contributed by atoms with van der Waals surface area (Å²) in [7, 11) is 5.68. The van der Waals surface area contributed by atoms with Crippen molar-refractivity contribution in [1.82, 2.24) is 15.0 Å². The van der Waals surface area contributed by atoms with Gasteiger partial charge in [-0.25, -0.2) is 4.79 Å². The Bertz CT molecular complexity index is 2660. The fourth-order valence-corrected chi connectivity index (χ4v) is 6.72. The van der Waals surface area contributed by atoms with Gasteiger partial charge in [-0.05, 0) is 139 Å². The third-order valence-electron chi connectivity index (χ3n) is 10.3. The molecule has 3 aromatic heterocycles. The highest BCUT2D eigenvalue weighted by Crippen LogP contribution is 2.34. The van der Waals surface area contributed by atoms with Crippen molar-refractivity contribution in [3.8, 4) is 28.0 Å². The number of rotatable bonds is 11. The van der Waals surface area contributed by atoms with E-state index in [1.54, 1.807) is 51.0 Å². The Hall–Kier alpha value is -7.66. The van der Waals surface area contributed by atoms with E-state index in [4.69, 9.17) is 9.84 Å². The van der Waals surface area contributed by atoms with Gasteiger partial charge in [0.2, 0.25) is 0 Å². The van der Waals surface area contributed by atoms with E-state index in [1.165, 1.54) is 40.7 Å². The third kappa shape index (κ3) is 12.5. The number of benzene rings is 4. The Labute approximate surface area is 369 Å². The number of nitrogens with zero attached hydrogens (tertiary/aromatic N) is 4.